The zero-order valence-corrected chi connectivity index (χ0v) is 39.1. The van der Waals surface area contributed by atoms with Crippen molar-refractivity contribution in [3.05, 3.63) is 109 Å². The highest BCUT2D eigenvalue weighted by Gasteiger charge is 2.19. The molecule has 0 bridgehead atoms. The summed E-state index contributed by atoms with van der Waals surface area (Å²) in [6.07, 6.45) is 65.1. The lowest BCUT2D eigenvalue weighted by Crippen LogP contribution is -2.30. The van der Waals surface area contributed by atoms with Crippen molar-refractivity contribution >= 4 is 17.9 Å². The van der Waals surface area contributed by atoms with Crippen LogP contribution in [0, 0.1) is 0 Å². The number of carbonyl (C=O) groups excluding carboxylic acids is 3. The highest BCUT2D eigenvalue weighted by atomic mass is 16.6. The number of esters is 3. The third kappa shape index (κ3) is 47.0. The maximum Gasteiger partial charge on any atom is 0.306 e. The molecule has 0 N–H and O–H groups in total. The van der Waals surface area contributed by atoms with Crippen molar-refractivity contribution < 1.29 is 28.6 Å². The summed E-state index contributed by atoms with van der Waals surface area (Å²) < 4.78 is 16.7. The lowest BCUT2D eigenvalue weighted by atomic mass is 10.1. The Bertz CT molecular complexity index is 1290. The van der Waals surface area contributed by atoms with Gasteiger partial charge >= 0.3 is 17.9 Å². The van der Waals surface area contributed by atoms with Crippen LogP contribution >= 0.6 is 0 Å². The Balaban J connectivity index is 4.54. The maximum absolute atomic E-state index is 12.8. The minimum Gasteiger partial charge on any atom is -0.462 e. The number of allylic oxidation sites excluding steroid dienone is 18. The van der Waals surface area contributed by atoms with Crippen molar-refractivity contribution in [1.82, 2.24) is 0 Å². The lowest BCUT2D eigenvalue weighted by molar-refractivity contribution is -0.167. The molecule has 0 aromatic heterocycles. The zero-order valence-electron chi connectivity index (χ0n) is 39.1. The number of unbranched alkanes of at least 4 members (excludes halogenated alkanes) is 17. The van der Waals surface area contributed by atoms with E-state index in [-0.39, 0.29) is 44.0 Å². The van der Waals surface area contributed by atoms with Crippen molar-refractivity contribution in [3.63, 3.8) is 0 Å². The predicted octanol–water partition coefficient (Wildman–Crippen LogP) is 16.0. The first-order chi connectivity index (χ1) is 30.0. The fraction of sp³-hybridized carbons (Fsp3) is 0.618. The van der Waals surface area contributed by atoms with E-state index in [9.17, 15) is 14.4 Å². The van der Waals surface area contributed by atoms with Gasteiger partial charge in [-0.05, 0) is 89.9 Å². The molecule has 1 unspecified atom stereocenters. The summed E-state index contributed by atoms with van der Waals surface area (Å²) >= 11 is 0. The molecule has 0 aromatic rings. The Morgan fingerprint density at radius 3 is 1.26 bits per heavy atom. The van der Waals surface area contributed by atoms with Crippen LogP contribution in [0.25, 0.3) is 0 Å². The summed E-state index contributed by atoms with van der Waals surface area (Å²) in [5.74, 6) is -1.03. The summed E-state index contributed by atoms with van der Waals surface area (Å²) in [5, 5.41) is 0. The summed E-state index contributed by atoms with van der Waals surface area (Å²) in [6.45, 7) is 6.27. The first-order valence-corrected chi connectivity index (χ1v) is 24.5. The van der Waals surface area contributed by atoms with E-state index in [0.717, 1.165) is 96.3 Å². The molecule has 0 radical (unpaired) electrons. The Labute approximate surface area is 374 Å². The molecule has 6 heteroatoms. The minimum absolute atomic E-state index is 0.116. The van der Waals surface area contributed by atoms with Gasteiger partial charge in [-0.3, -0.25) is 14.4 Å². The SMILES string of the molecule is CC/C=C/C=C/C=C/C=C/C=C/CCCC(=O)OCC(COC(=O)CCCCCCC/C=C/CCCCCCCCC)OC(=O)CCCCCC/C=C/C/C=C/C/C=C/CC. The van der Waals surface area contributed by atoms with Crippen LogP contribution in [0.1, 0.15) is 201 Å². The average Bonchev–Trinajstić information content (AvgIpc) is 3.26. The fourth-order valence-corrected chi connectivity index (χ4v) is 6.24. The van der Waals surface area contributed by atoms with Crippen LogP contribution in [-0.2, 0) is 28.6 Å². The third-order valence-electron chi connectivity index (χ3n) is 9.87. The normalized spacial score (nSPS) is 13.0. The van der Waals surface area contributed by atoms with Crippen LogP contribution in [0.2, 0.25) is 0 Å². The molecule has 344 valence electrons. The van der Waals surface area contributed by atoms with Gasteiger partial charge in [-0.1, -0.05) is 201 Å². The summed E-state index contributed by atoms with van der Waals surface area (Å²) in [7, 11) is 0. The molecule has 0 aliphatic rings. The standard InChI is InChI=1S/C55H88O6/c1-4-7-10-13-16-19-22-25-27-28-31-33-36-39-42-45-48-54(57)60-51-52(50-59-53(56)47-44-41-38-35-32-29-24-21-18-15-12-9-6-3)61-55(58)49-46-43-40-37-34-30-26-23-20-17-14-11-8-5-2/h8-9,11-12,15,17-18,20-21,24,26-30,32,35,38,52H,4-7,10,13-14,16,19,22-23,25,31,33-34,36-37,39-51H2,1-3H3/b11-8+,12-9+,18-15+,20-17+,24-21+,28-27+,30-26+,32-29+,38-35+. The highest BCUT2D eigenvalue weighted by Crippen LogP contribution is 2.13. The van der Waals surface area contributed by atoms with Gasteiger partial charge in [0.25, 0.3) is 0 Å². The van der Waals surface area contributed by atoms with E-state index >= 15 is 0 Å². The second-order valence-corrected chi connectivity index (χ2v) is 15.7. The number of hydrogen-bond donors (Lipinski definition) is 0. The second-order valence-electron chi connectivity index (χ2n) is 15.7. The second kappa shape index (κ2) is 48.7. The predicted molar refractivity (Wildman–Crippen MR) is 260 cm³/mol. The van der Waals surface area contributed by atoms with Crippen LogP contribution in [0.15, 0.2) is 109 Å². The molecule has 0 aliphatic heterocycles. The Kier molecular flexibility index (Phi) is 45.6. The van der Waals surface area contributed by atoms with E-state index in [1.165, 1.54) is 57.8 Å². The van der Waals surface area contributed by atoms with E-state index in [1.807, 2.05) is 54.7 Å². The van der Waals surface area contributed by atoms with Crippen LogP contribution in [0.3, 0.4) is 0 Å². The topological polar surface area (TPSA) is 78.9 Å². The van der Waals surface area contributed by atoms with E-state index < -0.39 is 6.10 Å². The smallest absolute Gasteiger partial charge is 0.306 e. The molecule has 0 saturated heterocycles. The Morgan fingerprint density at radius 1 is 0.361 bits per heavy atom. The number of carbonyl (C=O) groups is 3. The molecule has 0 aliphatic carbocycles. The molecule has 0 heterocycles. The Hall–Kier alpha value is -3.93. The van der Waals surface area contributed by atoms with Gasteiger partial charge in [0.2, 0.25) is 0 Å². The quantitative estimate of drug-likeness (QED) is 0.0200. The van der Waals surface area contributed by atoms with Gasteiger partial charge in [-0.2, -0.15) is 0 Å². The van der Waals surface area contributed by atoms with E-state index in [4.69, 9.17) is 14.2 Å². The van der Waals surface area contributed by atoms with Gasteiger partial charge in [-0.15, -0.1) is 0 Å². The van der Waals surface area contributed by atoms with Crippen LogP contribution in [-0.4, -0.2) is 37.2 Å². The zero-order chi connectivity index (χ0) is 44.4. The summed E-state index contributed by atoms with van der Waals surface area (Å²) in [5.41, 5.74) is 0. The molecular formula is C55H88O6. The van der Waals surface area contributed by atoms with Crippen LogP contribution < -0.4 is 0 Å². The largest absolute Gasteiger partial charge is 0.462 e. The molecule has 61 heavy (non-hydrogen) atoms. The van der Waals surface area contributed by atoms with Gasteiger partial charge in [0.15, 0.2) is 6.10 Å². The number of hydrogen-bond acceptors (Lipinski definition) is 6. The number of rotatable bonds is 42. The molecule has 0 spiro atoms. The average molecular weight is 845 g/mol. The molecule has 0 fully saturated rings. The van der Waals surface area contributed by atoms with Crippen molar-refractivity contribution in [2.75, 3.05) is 13.2 Å². The maximum atomic E-state index is 12.8. The minimum atomic E-state index is -0.822. The molecule has 0 aromatic carbocycles. The van der Waals surface area contributed by atoms with E-state index in [2.05, 4.69) is 75.5 Å². The number of ether oxygens (including phenoxy) is 3. The van der Waals surface area contributed by atoms with Gasteiger partial charge in [-0.25, -0.2) is 0 Å². The first-order valence-electron chi connectivity index (χ1n) is 24.5. The molecule has 0 saturated carbocycles. The monoisotopic (exact) mass is 845 g/mol. The van der Waals surface area contributed by atoms with Gasteiger partial charge in [0, 0.05) is 19.3 Å². The third-order valence-corrected chi connectivity index (χ3v) is 9.87. The first kappa shape index (κ1) is 57.1. The van der Waals surface area contributed by atoms with Crippen LogP contribution in [0.4, 0.5) is 0 Å². The molecule has 1 atom stereocenters. The van der Waals surface area contributed by atoms with Gasteiger partial charge < -0.3 is 14.2 Å². The van der Waals surface area contributed by atoms with Crippen LogP contribution in [0.5, 0.6) is 0 Å². The van der Waals surface area contributed by atoms with Crippen molar-refractivity contribution in [1.29, 1.82) is 0 Å². The lowest BCUT2D eigenvalue weighted by Gasteiger charge is -2.18. The molecule has 0 amide bonds. The van der Waals surface area contributed by atoms with E-state index in [0.29, 0.717) is 12.8 Å². The van der Waals surface area contributed by atoms with Gasteiger partial charge in [0.05, 0.1) is 0 Å². The summed E-state index contributed by atoms with van der Waals surface area (Å²) in [4.78, 5) is 37.9. The fourth-order valence-electron chi connectivity index (χ4n) is 6.24. The molecular weight excluding hydrogens is 757 g/mol. The van der Waals surface area contributed by atoms with Crippen molar-refractivity contribution in [3.8, 4) is 0 Å². The highest BCUT2D eigenvalue weighted by molar-refractivity contribution is 5.71. The Morgan fingerprint density at radius 2 is 0.738 bits per heavy atom. The van der Waals surface area contributed by atoms with E-state index in [1.54, 1.807) is 0 Å². The summed E-state index contributed by atoms with van der Waals surface area (Å²) in [6, 6.07) is 0. The molecule has 6 nitrogen and oxygen atoms in total. The van der Waals surface area contributed by atoms with Crippen molar-refractivity contribution in [2.24, 2.45) is 0 Å². The van der Waals surface area contributed by atoms with Crippen molar-refractivity contribution in [2.45, 2.75) is 207 Å². The molecule has 0 rings (SSSR count). The van der Waals surface area contributed by atoms with Gasteiger partial charge in [0.1, 0.15) is 13.2 Å².